The molecule has 120 valence electrons. The average Bonchev–Trinajstić information content (AvgIpc) is 3.39. The summed E-state index contributed by atoms with van der Waals surface area (Å²) in [4.78, 5) is 0. The van der Waals surface area contributed by atoms with Crippen LogP contribution >= 0.6 is 0 Å². The molecule has 0 aromatic heterocycles. The molecule has 2 saturated carbocycles. The number of hydrogen-bond donors (Lipinski definition) is 1. The fraction of sp³-hybridized carbons (Fsp3) is 0.900. The van der Waals surface area contributed by atoms with E-state index in [4.69, 9.17) is 5.11 Å². The Labute approximate surface area is 131 Å². The van der Waals surface area contributed by atoms with E-state index < -0.39 is 0 Å². The maximum atomic E-state index is 8.70. The minimum Gasteiger partial charge on any atom is -0.396 e. The normalized spacial score (nSPS) is 29.8. The monoisotopic (exact) mass is 290 g/mol. The lowest BCUT2D eigenvalue weighted by atomic mass is 10.1. The third kappa shape index (κ3) is 6.88. The average molecular weight is 290 g/mol. The molecule has 21 heavy (non-hydrogen) atoms. The van der Waals surface area contributed by atoms with Gasteiger partial charge in [0, 0.05) is 19.4 Å². The highest BCUT2D eigenvalue weighted by Gasteiger charge is 2.44. The summed E-state index contributed by atoms with van der Waals surface area (Å²) in [5.41, 5.74) is 0. The lowest BCUT2D eigenvalue weighted by Gasteiger charge is -1.99. The van der Waals surface area contributed by atoms with Gasteiger partial charge in [0.05, 0.1) is 0 Å². The highest BCUT2D eigenvalue weighted by Crippen LogP contribution is 2.54. The molecule has 0 radical (unpaired) electrons. The van der Waals surface area contributed by atoms with Crippen LogP contribution in [0.4, 0.5) is 0 Å². The van der Waals surface area contributed by atoms with Crippen LogP contribution in [0.1, 0.15) is 84.0 Å². The van der Waals surface area contributed by atoms with Gasteiger partial charge in [-0.3, -0.25) is 0 Å². The van der Waals surface area contributed by atoms with Gasteiger partial charge >= 0.3 is 0 Å². The quantitative estimate of drug-likeness (QED) is 0.411. The van der Waals surface area contributed by atoms with Crippen molar-refractivity contribution in [1.82, 2.24) is 0 Å². The Morgan fingerprint density at radius 1 is 0.857 bits per heavy atom. The van der Waals surface area contributed by atoms with Gasteiger partial charge in [0.1, 0.15) is 0 Å². The summed E-state index contributed by atoms with van der Waals surface area (Å²) >= 11 is 0. The van der Waals surface area contributed by atoms with E-state index in [9.17, 15) is 0 Å². The van der Waals surface area contributed by atoms with E-state index in [-0.39, 0.29) is 0 Å². The predicted molar refractivity (Wildman–Crippen MR) is 89.9 cm³/mol. The smallest absolute Gasteiger partial charge is 0.0431 e. The standard InChI is InChI=1S/C20H34O/c1-2-3-8-11-17-14-19(17)16-20-15-18(20)12-9-6-4-5-7-10-13-21/h17-21H,2-5,7-8,10-16H2,1H3/t17-,18+,19?,20+/m0/s1. The number of rotatable bonds is 11. The Morgan fingerprint density at radius 2 is 1.67 bits per heavy atom. The van der Waals surface area contributed by atoms with Crippen LogP contribution < -0.4 is 0 Å². The summed E-state index contributed by atoms with van der Waals surface area (Å²) in [7, 11) is 0. The Kier molecular flexibility index (Phi) is 7.65. The first-order valence-corrected chi connectivity index (χ1v) is 9.41. The van der Waals surface area contributed by atoms with Gasteiger partial charge in [0.25, 0.3) is 0 Å². The molecule has 2 aliphatic rings. The molecule has 0 heterocycles. The van der Waals surface area contributed by atoms with E-state index in [0.29, 0.717) is 6.61 Å². The molecule has 2 rings (SSSR count). The van der Waals surface area contributed by atoms with Crippen LogP contribution in [0.3, 0.4) is 0 Å². The van der Waals surface area contributed by atoms with Gasteiger partial charge in [0.2, 0.25) is 0 Å². The third-order valence-electron chi connectivity index (χ3n) is 5.37. The molecule has 0 aliphatic heterocycles. The summed E-state index contributed by atoms with van der Waals surface area (Å²) in [6, 6.07) is 0. The Hall–Kier alpha value is -0.480. The molecular weight excluding hydrogens is 256 g/mol. The number of unbranched alkanes of at least 4 members (excludes halogenated alkanes) is 5. The maximum absolute atomic E-state index is 8.70. The SMILES string of the molecule is CCCCC[C@H]1CC1C[C@H]1C[C@H]1CC#CCCCCCO. The lowest BCUT2D eigenvalue weighted by molar-refractivity contribution is 0.283. The Balaban J connectivity index is 1.43. The van der Waals surface area contributed by atoms with E-state index in [2.05, 4.69) is 18.8 Å². The second-order valence-electron chi connectivity index (χ2n) is 7.34. The Morgan fingerprint density at radius 3 is 2.48 bits per heavy atom. The van der Waals surface area contributed by atoms with Gasteiger partial charge in [-0.05, 0) is 55.8 Å². The van der Waals surface area contributed by atoms with Crippen molar-refractivity contribution in [2.45, 2.75) is 84.0 Å². The van der Waals surface area contributed by atoms with Crippen LogP contribution in [-0.2, 0) is 0 Å². The van der Waals surface area contributed by atoms with Gasteiger partial charge in [-0.1, -0.05) is 39.0 Å². The molecule has 2 fully saturated rings. The number of aliphatic hydroxyl groups excluding tert-OH is 1. The zero-order valence-electron chi connectivity index (χ0n) is 13.9. The molecule has 2 aliphatic carbocycles. The highest BCUT2D eigenvalue weighted by molar-refractivity contribution is 5.05. The van der Waals surface area contributed by atoms with Crippen molar-refractivity contribution < 1.29 is 5.11 Å². The molecular formula is C20H34O. The summed E-state index contributed by atoms with van der Waals surface area (Å²) in [5, 5.41) is 8.70. The Bertz CT molecular complexity index is 337. The van der Waals surface area contributed by atoms with Crippen LogP contribution in [0.15, 0.2) is 0 Å². The molecule has 1 N–H and O–H groups in total. The largest absolute Gasteiger partial charge is 0.396 e. The molecule has 0 bridgehead atoms. The highest BCUT2D eigenvalue weighted by atomic mass is 16.2. The lowest BCUT2D eigenvalue weighted by Crippen LogP contribution is -1.88. The summed E-state index contributed by atoms with van der Waals surface area (Å²) in [6.07, 6.45) is 15.7. The second kappa shape index (κ2) is 9.52. The molecule has 0 amide bonds. The van der Waals surface area contributed by atoms with E-state index in [1.165, 1.54) is 44.9 Å². The van der Waals surface area contributed by atoms with Gasteiger partial charge in [-0.2, -0.15) is 0 Å². The van der Waals surface area contributed by atoms with Crippen LogP contribution in [0, 0.1) is 35.5 Å². The van der Waals surface area contributed by atoms with Crippen molar-refractivity contribution >= 4 is 0 Å². The van der Waals surface area contributed by atoms with Crippen LogP contribution in [0.2, 0.25) is 0 Å². The van der Waals surface area contributed by atoms with E-state index in [0.717, 1.165) is 55.8 Å². The van der Waals surface area contributed by atoms with Gasteiger partial charge in [-0.15, -0.1) is 11.8 Å². The van der Waals surface area contributed by atoms with Crippen molar-refractivity contribution in [2.75, 3.05) is 6.61 Å². The fourth-order valence-electron chi connectivity index (χ4n) is 3.64. The molecule has 0 aromatic rings. The summed E-state index contributed by atoms with van der Waals surface area (Å²) < 4.78 is 0. The molecule has 4 atom stereocenters. The van der Waals surface area contributed by atoms with E-state index in [1.54, 1.807) is 0 Å². The van der Waals surface area contributed by atoms with Crippen molar-refractivity contribution in [3.05, 3.63) is 0 Å². The summed E-state index contributed by atoms with van der Waals surface area (Å²) in [6.45, 7) is 2.63. The van der Waals surface area contributed by atoms with E-state index in [1.807, 2.05) is 0 Å². The topological polar surface area (TPSA) is 20.2 Å². The maximum Gasteiger partial charge on any atom is 0.0431 e. The van der Waals surface area contributed by atoms with Gasteiger partial charge in [-0.25, -0.2) is 0 Å². The van der Waals surface area contributed by atoms with Crippen molar-refractivity contribution in [2.24, 2.45) is 23.7 Å². The number of aliphatic hydroxyl groups is 1. The molecule has 0 saturated heterocycles. The first-order valence-electron chi connectivity index (χ1n) is 9.41. The molecule has 1 nitrogen and oxygen atoms in total. The number of hydrogen-bond acceptors (Lipinski definition) is 1. The van der Waals surface area contributed by atoms with Crippen molar-refractivity contribution in [3.8, 4) is 11.8 Å². The van der Waals surface area contributed by atoms with Crippen LogP contribution in [0.25, 0.3) is 0 Å². The third-order valence-corrected chi connectivity index (χ3v) is 5.37. The molecule has 0 spiro atoms. The van der Waals surface area contributed by atoms with Crippen molar-refractivity contribution in [1.29, 1.82) is 0 Å². The van der Waals surface area contributed by atoms with Crippen molar-refractivity contribution in [3.63, 3.8) is 0 Å². The van der Waals surface area contributed by atoms with E-state index >= 15 is 0 Å². The zero-order valence-corrected chi connectivity index (χ0v) is 13.9. The predicted octanol–water partition coefficient (Wildman–Crippen LogP) is 5.18. The minimum absolute atomic E-state index is 0.331. The first kappa shape index (κ1) is 16.9. The van der Waals surface area contributed by atoms with Gasteiger partial charge in [0.15, 0.2) is 0 Å². The first-order chi connectivity index (χ1) is 10.3. The van der Waals surface area contributed by atoms with Crippen LogP contribution in [0.5, 0.6) is 0 Å². The van der Waals surface area contributed by atoms with Gasteiger partial charge < -0.3 is 5.11 Å². The fourth-order valence-corrected chi connectivity index (χ4v) is 3.64. The minimum atomic E-state index is 0.331. The summed E-state index contributed by atoms with van der Waals surface area (Å²) in [5.74, 6) is 10.8. The molecule has 1 heteroatoms. The second-order valence-corrected chi connectivity index (χ2v) is 7.34. The van der Waals surface area contributed by atoms with Crippen LogP contribution in [-0.4, -0.2) is 11.7 Å². The molecule has 0 aromatic carbocycles. The molecule has 1 unspecified atom stereocenters. The zero-order chi connectivity index (χ0) is 14.9.